The second-order valence-electron chi connectivity index (χ2n) is 9.90. The molecular weight excluding hydrogens is 408 g/mol. The van der Waals surface area contributed by atoms with Gasteiger partial charge in [0.2, 0.25) is 0 Å². The van der Waals surface area contributed by atoms with Gasteiger partial charge in [0.15, 0.2) is 5.78 Å². The maximum Gasteiger partial charge on any atom is 0.330 e. The number of carbonyl (C=O) groups is 4. The Morgan fingerprint density at radius 2 is 1.69 bits per heavy atom. The van der Waals surface area contributed by atoms with Crippen LogP contribution in [0.5, 0.6) is 0 Å². The van der Waals surface area contributed by atoms with E-state index in [1.807, 2.05) is 6.92 Å². The molecule has 0 N–H and O–H groups in total. The van der Waals surface area contributed by atoms with Gasteiger partial charge in [0.1, 0.15) is 18.0 Å². The Kier molecular flexibility index (Phi) is 6.45. The number of hydrogen-bond acceptors (Lipinski definition) is 6. The highest BCUT2D eigenvalue weighted by atomic mass is 16.5. The predicted octanol–water partition coefficient (Wildman–Crippen LogP) is 4.06. The Morgan fingerprint density at radius 1 is 1.06 bits per heavy atom. The van der Waals surface area contributed by atoms with E-state index in [0.29, 0.717) is 30.4 Å². The lowest BCUT2D eigenvalue weighted by molar-refractivity contribution is -0.176. The van der Waals surface area contributed by atoms with Crippen LogP contribution >= 0.6 is 0 Å². The first-order valence-corrected chi connectivity index (χ1v) is 11.1. The number of ether oxygens (including phenoxy) is 2. The molecule has 0 unspecified atom stereocenters. The number of Topliss-reactive ketones (excluding diaryl/α,β-unsaturated/α-hetero) is 2. The fourth-order valence-corrected chi connectivity index (χ4v) is 5.78. The highest BCUT2D eigenvalue weighted by molar-refractivity contribution is 6.12. The molecule has 0 aromatic rings. The summed E-state index contributed by atoms with van der Waals surface area (Å²) in [4.78, 5) is 51.0. The molecule has 0 saturated heterocycles. The van der Waals surface area contributed by atoms with Crippen molar-refractivity contribution < 1.29 is 28.7 Å². The van der Waals surface area contributed by atoms with Crippen molar-refractivity contribution in [3.05, 3.63) is 49.1 Å². The molecule has 3 aliphatic rings. The molecule has 0 aliphatic heterocycles. The average molecular weight is 441 g/mol. The fourth-order valence-electron chi connectivity index (χ4n) is 5.78. The van der Waals surface area contributed by atoms with E-state index in [0.717, 1.165) is 12.2 Å². The molecule has 3 rings (SSSR count). The summed E-state index contributed by atoms with van der Waals surface area (Å²) in [6.07, 6.45) is 4.68. The molecule has 5 atom stereocenters. The maximum absolute atomic E-state index is 13.7. The number of esters is 2. The normalized spacial score (nSPS) is 34.1. The molecule has 3 aliphatic carbocycles. The molecule has 0 heterocycles. The zero-order chi connectivity index (χ0) is 23.8. The van der Waals surface area contributed by atoms with E-state index in [1.54, 1.807) is 6.08 Å². The predicted molar refractivity (Wildman–Crippen MR) is 119 cm³/mol. The van der Waals surface area contributed by atoms with Gasteiger partial charge >= 0.3 is 11.9 Å². The summed E-state index contributed by atoms with van der Waals surface area (Å²) in [5.74, 6) is -2.03. The minimum atomic E-state index is -0.999. The van der Waals surface area contributed by atoms with Gasteiger partial charge in [-0.1, -0.05) is 39.7 Å². The molecule has 172 valence electrons. The summed E-state index contributed by atoms with van der Waals surface area (Å²) in [6.45, 7) is 16.9. The highest BCUT2D eigenvalue weighted by Gasteiger charge is 2.58. The fraction of sp³-hybridized carbons (Fsp3) is 0.538. The van der Waals surface area contributed by atoms with Crippen LogP contribution in [-0.4, -0.2) is 35.7 Å². The van der Waals surface area contributed by atoms with Crippen LogP contribution in [-0.2, 0) is 28.7 Å². The molecular formula is C26H32O6. The minimum absolute atomic E-state index is 0.0186. The lowest BCUT2D eigenvalue weighted by Crippen LogP contribution is -2.57. The summed E-state index contributed by atoms with van der Waals surface area (Å²) < 4.78 is 11.4. The molecule has 2 bridgehead atoms. The van der Waals surface area contributed by atoms with Crippen LogP contribution in [0.3, 0.4) is 0 Å². The van der Waals surface area contributed by atoms with Gasteiger partial charge in [0.25, 0.3) is 0 Å². The zero-order valence-corrected chi connectivity index (χ0v) is 19.1. The standard InChI is InChI=1S/C26H32O6/c1-7-22(28)31-18-14-19-25(4,5)12-11-21(32-23(29)8-2)26(19,6)20(27)10-9-16-13-17(18)24(30)15(16)3/h7-8,13,16,18-19,21H,1-3,9-12,14H2,4-6H3/t16-,18-,19-,21-,26-/m1/s1. The van der Waals surface area contributed by atoms with Crippen LogP contribution in [0.15, 0.2) is 49.1 Å². The maximum atomic E-state index is 13.7. The lowest BCUT2D eigenvalue weighted by Gasteiger charge is -2.54. The highest BCUT2D eigenvalue weighted by Crippen LogP contribution is 2.56. The van der Waals surface area contributed by atoms with Crippen molar-refractivity contribution in [2.75, 3.05) is 0 Å². The monoisotopic (exact) mass is 440 g/mol. The van der Waals surface area contributed by atoms with Crippen molar-refractivity contribution in [1.29, 1.82) is 0 Å². The summed E-state index contributed by atoms with van der Waals surface area (Å²) in [5, 5.41) is 0. The van der Waals surface area contributed by atoms with E-state index < -0.39 is 29.6 Å². The third-order valence-corrected chi connectivity index (χ3v) is 7.70. The summed E-state index contributed by atoms with van der Waals surface area (Å²) in [7, 11) is 0. The van der Waals surface area contributed by atoms with Gasteiger partial charge in [-0.2, -0.15) is 0 Å². The van der Waals surface area contributed by atoms with Crippen LogP contribution < -0.4 is 0 Å². The first-order chi connectivity index (χ1) is 14.9. The van der Waals surface area contributed by atoms with Crippen molar-refractivity contribution in [2.24, 2.45) is 22.7 Å². The number of carbonyl (C=O) groups excluding carboxylic acids is 4. The quantitative estimate of drug-likeness (QED) is 0.484. The molecule has 0 aromatic carbocycles. The Hall–Kier alpha value is -2.76. The van der Waals surface area contributed by atoms with E-state index in [2.05, 4.69) is 33.6 Å². The van der Waals surface area contributed by atoms with E-state index in [4.69, 9.17) is 9.47 Å². The van der Waals surface area contributed by atoms with Gasteiger partial charge in [0.05, 0.1) is 5.41 Å². The SMILES string of the molecule is C=CC(=O)O[C@@H]1C[C@@H]2C(C)(C)CC[C@@H](OC(=O)C=C)[C@@]2(C)C(=O)CC[C@@H]2C=C1C(=O)C2=C. The van der Waals surface area contributed by atoms with E-state index in [1.165, 1.54) is 0 Å². The molecule has 1 saturated carbocycles. The van der Waals surface area contributed by atoms with Crippen molar-refractivity contribution in [3.63, 3.8) is 0 Å². The third-order valence-electron chi connectivity index (χ3n) is 7.70. The largest absolute Gasteiger partial charge is 0.458 e. The number of fused-ring (bicyclic) bond motifs is 2. The Bertz CT molecular complexity index is 923. The Morgan fingerprint density at radius 3 is 2.31 bits per heavy atom. The molecule has 0 aromatic heterocycles. The summed E-state index contributed by atoms with van der Waals surface area (Å²) in [5.41, 5.74) is -0.497. The molecule has 0 amide bonds. The van der Waals surface area contributed by atoms with Crippen molar-refractivity contribution in [2.45, 2.75) is 65.1 Å². The Balaban J connectivity index is 2.13. The van der Waals surface area contributed by atoms with E-state index in [-0.39, 0.29) is 41.7 Å². The average Bonchev–Trinajstić information content (AvgIpc) is 3.03. The van der Waals surface area contributed by atoms with Crippen LogP contribution in [0.1, 0.15) is 52.9 Å². The van der Waals surface area contributed by atoms with E-state index in [9.17, 15) is 19.2 Å². The Labute approximate surface area is 189 Å². The third kappa shape index (κ3) is 4.03. The second kappa shape index (κ2) is 8.64. The van der Waals surface area contributed by atoms with Crippen LogP contribution in [0.2, 0.25) is 0 Å². The van der Waals surface area contributed by atoms with Gasteiger partial charge in [-0.25, -0.2) is 9.59 Å². The number of rotatable bonds is 4. The van der Waals surface area contributed by atoms with Crippen LogP contribution in [0.25, 0.3) is 0 Å². The molecule has 0 spiro atoms. The van der Waals surface area contributed by atoms with Crippen LogP contribution in [0, 0.1) is 22.7 Å². The van der Waals surface area contributed by atoms with Crippen molar-refractivity contribution in [1.82, 2.24) is 0 Å². The zero-order valence-electron chi connectivity index (χ0n) is 19.1. The first kappa shape index (κ1) is 23.9. The van der Waals surface area contributed by atoms with Gasteiger partial charge in [-0.15, -0.1) is 0 Å². The molecule has 32 heavy (non-hydrogen) atoms. The molecule has 6 heteroatoms. The second-order valence-corrected chi connectivity index (χ2v) is 9.90. The van der Waals surface area contributed by atoms with E-state index >= 15 is 0 Å². The number of hydrogen-bond donors (Lipinski definition) is 0. The smallest absolute Gasteiger partial charge is 0.330 e. The lowest BCUT2D eigenvalue weighted by atomic mass is 9.51. The van der Waals surface area contributed by atoms with Crippen molar-refractivity contribution in [3.8, 4) is 0 Å². The number of ketones is 2. The van der Waals surface area contributed by atoms with Gasteiger partial charge in [-0.3, -0.25) is 9.59 Å². The van der Waals surface area contributed by atoms with Gasteiger partial charge in [0, 0.05) is 30.1 Å². The van der Waals surface area contributed by atoms with Gasteiger partial charge in [-0.05, 0) is 49.5 Å². The summed E-state index contributed by atoms with van der Waals surface area (Å²) in [6, 6.07) is 0. The van der Waals surface area contributed by atoms with Crippen molar-refractivity contribution >= 4 is 23.5 Å². The molecule has 0 radical (unpaired) electrons. The van der Waals surface area contributed by atoms with Crippen LogP contribution in [0.4, 0.5) is 0 Å². The molecule has 6 nitrogen and oxygen atoms in total. The van der Waals surface area contributed by atoms with Gasteiger partial charge < -0.3 is 9.47 Å². The minimum Gasteiger partial charge on any atom is -0.458 e. The summed E-state index contributed by atoms with van der Waals surface area (Å²) >= 11 is 0. The number of allylic oxidation sites excluding steroid dienone is 2. The topological polar surface area (TPSA) is 86.7 Å². The molecule has 1 fully saturated rings. The first-order valence-electron chi connectivity index (χ1n) is 11.1.